The number of methoxy groups -OCH3 is 1. The van der Waals surface area contributed by atoms with Gasteiger partial charge in [0.25, 0.3) is 0 Å². The standard InChI is InChI=1S/C30H34N4O6/c1-19-8-5-6-11-27(19)34(3)30(39)33-25-13-12-21(15-28(25)40-4)14-24(36)18-31-23-10-7-9-22(16-23)26(17-29(37)38)32-20(2)35/h5-13,15-16,26,31H,14,17-18H2,1-4H3,(H,32,35)(H,33,39)(H,37,38). The van der Waals surface area contributed by atoms with Crippen molar-refractivity contribution < 1.29 is 29.0 Å². The number of nitrogens with one attached hydrogen (secondary N) is 3. The Hall–Kier alpha value is -4.86. The highest BCUT2D eigenvalue weighted by Gasteiger charge is 2.18. The molecule has 3 rings (SSSR count). The number of urea groups is 1. The van der Waals surface area contributed by atoms with E-state index >= 15 is 0 Å². The number of ketones is 1. The fourth-order valence-electron chi connectivity index (χ4n) is 4.23. The smallest absolute Gasteiger partial charge is 0.326 e. The van der Waals surface area contributed by atoms with Gasteiger partial charge in [-0.1, -0.05) is 36.4 Å². The van der Waals surface area contributed by atoms with Crippen LogP contribution in [0.2, 0.25) is 0 Å². The number of hydrogen-bond acceptors (Lipinski definition) is 6. The van der Waals surface area contributed by atoms with E-state index in [1.165, 1.54) is 18.9 Å². The van der Waals surface area contributed by atoms with Crippen LogP contribution in [0.5, 0.6) is 5.75 Å². The molecule has 0 saturated carbocycles. The molecule has 3 aromatic carbocycles. The van der Waals surface area contributed by atoms with E-state index in [2.05, 4.69) is 16.0 Å². The molecule has 0 radical (unpaired) electrons. The zero-order chi connectivity index (χ0) is 29.2. The predicted molar refractivity (Wildman–Crippen MR) is 154 cm³/mol. The lowest BCUT2D eigenvalue weighted by Gasteiger charge is -2.21. The minimum Gasteiger partial charge on any atom is -0.495 e. The number of aliphatic carboxylic acids is 1. The van der Waals surface area contributed by atoms with Gasteiger partial charge in [0, 0.05) is 31.8 Å². The van der Waals surface area contributed by atoms with Crippen molar-refractivity contribution in [3.8, 4) is 5.75 Å². The number of ether oxygens (including phenoxy) is 1. The number of rotatable bonds is 12. The van der Waals surface area contributed by atoms with E-state index in [4.69, 9.17) is 4.74 Å². The fourth-order valence-corrected chi connectivity index (χ4v) is 4.23. The molecule has 1 atom stereocenters. The Balaban J connectivity index is 1.62. The van der Waals surface area contributed by atoms with Gasteiger partial charge in [-0.05, 0) is 53.9 Å². The second kappa shape index (κ2) is 13.8. The van der Waals surface area contributed by atoms with Crippen molar-refractivity contribution in [1.82, 2.24) is 5.32 Å². The molecule has 0 aliphatic heterocycles. The van der Waals surface area contributed by atoms with E-state index in [9.17, 15) is 24.3 Å². The second-order valence-electron chi connectivity index (χ2n) is 9.36. The van der Waals surface area contributed by atoms with Gasteiger partial charge in [0.2, 0.25) is 5.91 Å². The topological polar surface area (TPSA) is 137 Å². The van der Waals surface area contributed by atoms with E-state index in [0.29, 0.717) is 22.7 Å². The minimum atomic E-state index is -1.04. The van der Waals surface area contributed by atoms with E-state index in [1.807, 2.05) is 31.2 Å². The molecule has 0 aromatic heterocycles. The van der Waals surface area contributed by atoms with Crippen LogP contribution >= 0.6 is 0 Å². The average molecular weight is 547 g/mol. The van der Waals surface area contributed by atoms with Crippen LogP contribution in [-0.4, -0.2) is 49.5 Å². The normalized spacial score (nSPS) is 11.2. The van der Waals surface area contributed by atoms with Crippen LogP contribution in [0.4, 0.5) is 21.9 Å². The molecule has 0 spiro atoms. The van der Waals surface area contributed by atoms with E-state index in [-0.39, 0.29) is 37.1 Å². The van der Waals surface area contributed by atoms with Gasteiger partial charge in [0.1, 0.15) is 5.75 Å². The SMILES string of the molecule is COc1cc(CC(=O)CNc2cccc(C(CC(=O)O)NC(C)=O)c2)ccc1NC(=O)N(C)c1ccccc1C. The average Bonchev–Trinajstić information content (AvgIpc) is 2.92. The van der Waals surface area contributed by atoms with Gasteiger partial charge in [0.15, 0.2) is 5.78 Å². The molecule has 0 bridgehead atoms. The third kappa shape index (κ3) is 8.32. The highest BCUT2D eigenvalue weighted by Crippen LogP contribution is 2.27. The number of para-hydroxylation sites is 1. The van der Waals surface area contributed by atoms with Crippen molar-refractivity contribution in [2.24, 2.45) is 0 Å². The van der Waals surface area contributed by atoms with Crippen LogP contribution < -0.4 is 25.6 Å². The largest absolute Gasteiger partial charge is 0.495 e. The van der Waals surface area contributed by atoms with Crippen molar-refractivity contribution >= 4 is 40.8 Å². The molecule has 0 saturated heterocycles. The summed E-state index contributed by atoms with van der Waals surface area (Å²) in [6.45, 7) is 3.30. The molecule has 210 valence electrons. The molecule has 0 heterocycles. The summed E-state index contributed by atoms with van der Waals surface area (Å²) in [5, 5.41) is 17.7. The number of carbonyl (C=O) groups excluding carboxylic acids is 3. The summed E-state index contributed by atoms with van der Waals surface area (Å²) in [5.74, 6) is -1.03. The van der Waals surface area contributed by atoms with Crippen LogP contribution in [0.3, 0.4) is 0 Å². The zero-order valence-electron chi connectivity index (χ0n) is 23.0. The number of amides is 3. The number of carboxylic acids is 1. The van der Waals surface area contributed by atoms with E-state index < -0.39 is 12.0 Å². The first kappa shape index (κ1) is 29.7. The molecule has 0 aliphatic carbocycles. The minimum absolute atomic E-state index is 0.0369. The van der Waals surface area contributed by atoms with Gasteiger partial charge in [-0.2, -0.15) is 0 Å². The molecule has 40 heavy (non-hydrogen) atoms. The molecule has 3 aromatic rings. The van der Waals surface area contributed by atoms with E-state index in [0.717, 1.165) is 16.8 Å². The summed E-state index contributed by atoms with van der Waals surface area (Å²) in [6, 6.07) is 18.7. The van der Waals surface area contributed by atoms with Gasteiger partial charge in [0.05, 0.1) is 31.8 Å². The zero-order valence-corrected chi connectivity index (χ0v) is 23.0. The van der Waals surface area contributed by atoms with Crippen LogP contribution in [0.15, 0.2) is 66.7 Å². The Morgan fingerprint density at radius 2 is 1.75 bits per heavy atom. The number of anilines is 3. The number of carbonyl (C=O) groups is 4. The Labute approximate surface area is 233 Å². The maximum absolute atomic E-state index is 12.8. The number of Topliss-reactive ketones (excluding diaryl/α,β-unsaturated/α-hetero) is 1. The summed E-state index contributed by atoms with van der Waals surface area (Å²) in [4.78, 5) is 49.8. The molecular formula is C30H34N4O6. The van der Waals surface area contributed by atoms with Crippen molar-refractivity contribution in [2.45, 2.75) is 32.7 Å². The molecule has 0 aliphatic rings. The first-order valence-electron chi connectivity index (χ1n) is 12.7. The number of hydrogen-bond donors (Lipinski definition) is 4. The number of aryl methyl sites for hydroxylation is 1. The second-order valence-corrected chi connectivity index (χ2v) is 9.36. The molecule has 4 N–H and O–H groups in total. The molecule has 10 heteroatoms. The molecule has 3 amide bonds. The van der Waals surface area contributed by atoms with Crippen LogP contribution in [0, 0.1) is 6.92 Å². The quantitative estimate of drug-likeness (QED) is 0.262. The molecule has 10 nitrogen and oxygen atoms in total. The van der Waals surface area contributed by atoms with Gasteiger partial charge >= 0.3 is 12.0 Å². The van der Waals surface area contributed by atoms with Gasteiger partial charge in [-0.25, -0.2) is 4.79 Å². The van der Waals surface area contributed by atoms with Crippen molar-refractivity contribution in [3.05, 3.63) is 83.4 Å². The molecule has 1 unspecified atom stereocenters. The van der Waals surface area contributed by atoms with Crippen molar-refractivity contribution in [2.75, 3.05) is 36.2 Å². The van der Waals surface area contributed by atoms with Crippen LogP contribution in [0.25, 0.3) is 0 Å². The summed E-state index contributed by atoms with van der Waals surface area (Å²) < 4.78 is 5.47. The lowest BCUT2D eigenvalue weighted by Crippen LogP contribution is -2.31. The maximum Gasteiger partial charge on any atom is 0.326 e. The van der Waals surface area contributed by atoms with Gasteiger partial charge < -0.3 is 25.8 Å². The first-order valence-corrected chi connectivity index (χ1v) is 12.7. The summed E-state index contributed by atoms with van der Waals surface area (Å²) in [6.07, 6.45) is -0.129. The first-order chi connectivity index (χ1) is 19.1. The lowest BCUT2D eigenvalue weighted by molar-refractivity contribution is -0.137. The Morgan fingerprint density at radius 3 is 2.42 bits per heavy atom. The Kier molecular flexibility index (Phi) is 10.2. The fraction of sp³-hybridized carbons (Fsp3) is 0.267. The highest BCUT2D eigenvalue weighted by atomic mass is 16.5. The van der Waals surface area contributed by atoms with E-state index in [1.54, 1.807) is 49.5 Å². The Bertz CT molecular complexity index is 1370. The van der Waals surface area contributed by atoms with Gasteiger partial charge in [-0.15, -0.1) is 0 Å². The Morgan fingerprint density at radius 1 is 1.00 bits per heavy atom. The summed E-state index contributed by atoms with van der Waals surface area (Å²) >= 11 is 0. The van der Waals surface area contributed by atoms with Crippen molar-refractivity contribution in [3.63, 3.8) is 0 Å². The predicted octanol–water partition coefficient (Wildman–Crippen LogP) is 4.55. The van der Waals surface area contributed by atoms with Gasteiger partial charge in [-0.3, -0.25) is 19.3 Å². The molecule has 0 fully saturated rings. The van der Waals surface area contributed by atoms with Crippen LogP contribution in [-0.2, 0) is 20.8 Å². The third-order valence-corrected chi connectivity index (χ3v) is 6.23. The summed E-state index contributed by atoms with van der Waals surface area (Å²) in [7, 11) is 3.18. The number of nitrogens with zero attached hydrogens (tertiary/aromatic N) is 1. The maximum atomic E-state index is 12.8. The number of carboxylic acid groups (broad SMARTS) is 1. The van der Waals surface area contributed by atoms with Crippen molar-refractivity contribution in [1.29, 1.82) is 0 Å². The molecular weight excluding hydrogens is 512 g/mol. The third-order valence-electron chi connectivity index (χ3n) is 6.23. The summed E-state index contributed by atoms with van der Waals surface area (Å²) in [5.41, 5.74) is 4.19. The highest BCUT2D eigenvalue weighted by molar-refractivity contribution is 6.02. The lowest BCUT2D eigenvalue weighted by atomic mass is 10.0. The van der Waals surface area contributed by atoms with Crippen LogP contribution in [0.1, 0.15) is 36.1 Å². The number of benzene rings is 3. The monoisotopic (exact) mass is 546 g/mol.